The van der Waals surface area contributed by atoms with Gasteiger partial charge in [-0.1, -0.05) is 84.9 Å². The topological polar surface area (TPSA) is 77.5 Å². The lowest BCUT2D eigenvalue weighted by atomic mass is 9.69. The molecule has 2 fully saturated rings. The van der Waals surface area contributed by atoms with Crippen LogP contribution in [0.25, 0.3) is 12.2 Å². The summed E-state index contributed by atoms with van der Waals surface area (Å²) in [6, 6.07) is 30.8. The highest BCUT2D eigenvalue weighted by molar-refractivity contribution is 6.17. The Bertz CT molecular complexity index is 1790. The van der Waals surface area contributed by atoms with Crippen LogP contribution < -0.4 is 18.9 Å². The van der Waals surface area contributed by atoms with Gasteiger partial charge in [-0.15, -0.1) is 0 Å². The van der Waals surface area contributed by atoms with Crippen LogP contribution in [0.1, 0.15) is 60.8 Å². The van der Waals surface area contributed by atoms with E-state index in [-0.39, 0.29) is 24.4 Å². The minimum absolute atomic E-state index is 0.232. The molecule has 0 radical (unpaired) electrons. The molecule has 2 saturated heterocycles. The first-order valence-corrected chi connectivity index (χ1v) is 20.5. The average molecular weight is 771 g/mol. The number of methoxy groups -OCH3 is 2. The summed E-state index contributed by atoms with van der Waals surface area (Å²) in [7, 11) is 3.24. The molecular weight excluding hydrogens is 713 g/mol. The Morgan fingerprint density at radius 3 is 1.35 bits per heavy atom. The second kappa shape index (κ2) is 21.4. The first kappa shape index (κ1) is 41.5. The smallest absolute Gasteiger partial charge is 0.170 e. The zero-order valence-corrected chi connectivity index (χ0v) is 33.7. The van der Waals surface area contributed by atoms with Crippen molar-refractivity contribution >= 4 is 23.7 Å². The number of carbonyl (C=O) groups is 2. The molecule has 2 heterocycles. The Labute approximate surface area is 339 Å². The standard InChI is InChI=1S/C49H58N2O6/c1-54-45-35-39(19-23-43(45)56-33-13-31-50-27-9-10-28-50)21-25-47(52)49(37-41-15-5-3-6-16-41,38-42-17-7-4-8-18-42)48(53)26-22-40-20-24-44(46(36-40)55-2)57-34-14-32-51-29-11-12-30-51/h3-8,15-26,35-36H,9-14,27-34,37-38H2,1-2H3/b25-21-,26-22+. The molecule has 8 heteroatoms. The van der Waals surface area contributed by atoms with Gasteiger partial charge >= 0.3 is 0 Å². The van der Waals surface area contributed by atoms with Gasteiger partial charge in [0.05, 0.1) is 27.4 Å². The number of likely N-dealkylation sites (tertiary alicyclic amines) is 2. The largest absolute Gasteiger partial charge is 0.493 e. The summed E-state index contributed by atoms with van der Waals surface area (Å²) in [5.74, 6) is 1.97. The first-order valence-electron chi connectivity index (χ1n) is 20.5. The third kappa shape index (κ3) is 11.9. The number of hydrogen-bond acceptors (Lipinski definition) is 8. The molecule has 0 bridgehead atoms. The van der Waals surface area contributed by atoms with Crippen LogP contribution in [0.2, 0.25) is 0 Å². The van der Waals surface area contributed by atoms with E-state index in [1.54, 1.807) is 38.5 Å². The van der Waals surface area contributed by atoms with Gasteiger partial charge in [0.2, 0.25) is 0 Å². The Morgan fingerprint density at radius 2 is 0.965 bits per heavy atom. The normalized spacial score (nSPS) is 15.1. The fourth-order valence-electron chi connectivity index (χ4n) is 7.85. The lowest BCUT2D eigenvalue weighted by molar-refractivity contribution is -0.135. The Kier molecular flexibility index (Phi) is 15.5. The van der Waals surface area contributed by atoms with Crippen LogP contribution in [-0.2, 0) is 22.4 Å². The number of nitrogens with zero attached hydrogens (tertiary/aromatic N) is 2. The summed E-state index contributed by atoms with van der Waals surface area (Å²) >= 11 is 0. The molecule has 0 saturated carbocycles. The van der Waals surface area contributed by atoms with E-state index in [1.807, 2.05) is 97.1 Å². The van der Waals surface area contributed by atoms with Crippen LogP contribution in [0, 0.1) is 5.41 Å². The fraction of sp³-hybridized carbons (Fsp3) is 0.388. The van der Waals surface area contributed by atoms with Crippen molar-refractivity contribution in [3.05, 3.63) is 131 Å². The van der Waals surface area contributed by atoms with Crippen molar-refractivity contribution in [2.45, 2.75) is 51.4 Å². The van der Waals surface area contributed by atoms with Crippen molar-refractivity contribution in [1.29, 1.82) is 0 Å². The van der Waals surface area contributed by atoms with E-state index >= 15 is 0 Å². The molecule has 57 heavy (non-hydrogen) atoms. The van der Waals surface area contributed by atoms with Crippen molar-refractivity contribution in [3.63, 3.8) is 0 Å². The lowest BCUT2D eigenvalue weighted by Crippen LogP contribution is -2.42. The number of ketones is 2. The van der Waals surface area contributed by atoms with Gasteiger partial charge in [-0.05, 0) is 136 Å². The van der Waals surface area contributed by atoms with E-state index < -0.39 is 5.41 Å². The number of ether oxygens (including phenoxy) is 4. The van der Waals surface area contributed by atoms with Gasteiger partial charge in [0.25, 0.3) is 0 Å². The van der Waals surface area contributed by atoms with Crippen molar-refractivity contribution in [2.24, 2.45) is 5.41 Å². The van der Waals surface area contributed by atoms with Crippen molar-refractivity contribution in [2.75, 3.05) is 66.7 Å². The van der Waals surface area contributed by atoms with E-state index in [9.17, 15) is 9.59 Å². The predicted molar refractivity (Wildman–Crippen MR) is 228 cm³/mol. The van der Waals surface area contributed by atoms with Crippen LogP contribution in [0.3, 0.4) is 0 Å². The van der Waals surface area contributed by atoms with Crippen molar-refractivity contribution < 1.29 is 28.5 Å². The maximum absolute atomic E-state index is 14.7. The van der Waals surface area contributed by atoms with Crippen molar-refractivity contribution in [3.8, 4) is 23.0 Å². The lowest BCUT2D eigenvalue weighted by Gasteiger charge is -2.29. The predicted octanol–water partition coefficient (Wildman–Crippen LogP) is 8.77. The molecule has 0 atom stereocenters. The monoisotopic (exact) mass is 770 g/mol. The maximum Gasteiger partial charge on any atom is 0.170 e. The summed E-state index contributed by atoms with van der Waals surface area (Å²) in [6.45, 7) is 7.93. The second-order valence-electron chi connectivity index (χ2n) is 15.1. The summed E-state index contributed by atoms with van der Waals surface area (Å²) in [4.78, 5) is 34.4. The molecule has 0 N–H and O–H groups in total. The highest BCUT2D eigenvalue weighted by atomic mass is 16.5. The third-order valence-corrected chi connectivity index (χ3v) is 11.0. The van der Waals surface area contributed by atoms with Gasteiger partial charge in [0.15, 0.2) is 34.6 Å². The van der Waals surface area contributed by atoms with E-state index in [1.165, 1.54) is 51.9 Å². The fourth-order valence-corrected chi connectivity index (χ4v) is 7.85. The first-order chi connectivity index (χ1) is 28.0. The molecule has 300 valence electrons. The van der Waals surface area contributed by atoms with E-state index in [4.69, 9.17) is 18.9 Å². The Balaban J connectivity index is 1.22. The number of carbonyl (C=O) groups excluding carboxylic acids is 2. The number of rotatable bonds is 22. The highest BCUT2D eigenvalue weighted by Crippen LogP contribution is 2.35. The minimum Gasteiger partial charge on any atom is -0.493 e. The quantitative estimate of drug-likeness (QED) is 0.0446. The van der Waals surface area contributed by atoms with Crippen molar-refractivity contribution in [1.82, 2.24) is 9.80 Å². The average Bonchev–Trinajstić information content (AvgIpc) is 3.98. The molecule has 8 nitrogen and oxygen atoms in total. The number of allylic oxidation sites excluding steroid dienone is 2. The van der Waals surface area contributed by atoms with Gasteiger partial charge in [-0.25, -0.2) is 0 Å². The number of hydrogen-bond donors (Lipinski definition) is 0. The summed E-state index contributed by atoms with van der Waals surface area (Å²) in [5, 5.41) is 0. The molecule has 2 aliphatic heterocycles. The van der Waals surface area contributed by atoms with Gasteiger partial charge < -0.3 is 28.7 Å². The molecule has 6 rings (SSSR count). The van der Waals surface area contributed by atoms with Gasteiger partial charge in [-0.2, -0.15) is 0 Å². The molecule has 0 aliphatic carbocycles. The number of benzene rings is 4. The van der Waals surface area contributed by atoms with Gasteiger partial charge in [0, 0.05) is 13.1 Å². The molecule has 4 aromatic carbocycles. The van der Waals surface area contributed by atoms with E-state index in [2.05, 4.69) is 9.80 Å². The maximum atomic E-state index is 14.7. The molecule has 2 aliphatic rings. The second-order valence-corrected chi connectivity index (χ2v) is 15.1. The van der Waals surface area contributed by atoms with Crippen LogP contribution >= 0.6 is 0 Å². The van der Waals surface area contributed by atoms with Crippen LogP contribution in [-0.4, -0.2) is 88.1 Å². The zero-order valence-electron chi connectivity index (χ0n) is 33.7. The van der Waals surface area contributed by atoms with Gasteiger partial charge in [-0.3, -0.25) is 9.59 Å². The summed E-state index contributed by atoms with van der Waals surface area (Å²) in [5.41, 5.74) is 1.92. The Hall–Kier alpha value is -5.18. The summed E-state index contributed by atoms with van der Waals surface area (Å²) in [6.07, 6.45) is 14.1. The molecule has 4 aromatic rings. The van der Waals surface area contributed by atoms with Gasteiger partial charge in [0.1, 0.15) is 5.41 Å². The highest BCUT2D eigenvalue weighted by Gasteiger charge is 2.43. The minimum atomic E-state index is -1.42. The SMILES string of the molecule is COc1cc(/C=C\C(=O)C(Cc2ccccc2)(Cc2ccccc2)C(=O)/C=C/c2ccc(OCCCN3CCCC3)c(OC)c2)ccc1OCCCN1CCCC1. The van der Waals surface area contributed by atoms with Crippen LogP contribution in [0.4, 0.5) is 0 Å². The third-order valence-electron chi connectivity index (χ3n) is 11.0. The molecule has 0 unspecified atom stereocenters. The van der Waals surface area contributed by atoms with Crippen LogP contribution in [0.15, 0.2) is 109 Å². The zero-order chi connectivity index (χ0) is 39.7. The molecular formula is C49H58N2O6. The van der Waals surface area contributed by atoms with E-state index in [0.717, 1.165) is 48.2 Å². The molecule has 0 spiro atoms. The van der Waals surface area contributed by atoms with E-state index in [0.29, 0.717) is 36.2 Å². The molecule has 0 amide bonds. The summed E-state index contributed by atoms with van der Waals surface area (Å²) < 4.78 is 23.6. The molecule has 0 aromatic heterocycles. The van der Waals surface area contributed by atoms with Crippen LogP contribution in [0.5, 0.6) is 23.0 Å². The Morgan fingerprint density at radius 1 is 0.561 bits per heavy atom.